The van der Waals surface area contributed by atoms with Crippen molar-refractivity contribution in [1.82, 2.24) is 0 Å². The summed E-state index contributed by atoms with van der Waals surface area (Å²) in [4.78, 5) is 10.7. The monoisotopic (exact) mass is 198 g/mol. The second kappa shape index (κ2) is 3.73. The molecule has 0 saturated heterocycles. The first-order valence-corrected chi connectivity index (χ1v) is 4.85. The minimum Gasteiger partial charge on any atom is -0.465 e. The minimum atomic E-state index is -0.482. The van der Waals surface area contributed by atoms with Crippen LogP contribution in [0.3, 0.4) is 0 Å². The highest BCUT2D eigenvalue weighted by Gasteiger charge is 2.40. The van der Waals surface area contributed by atoms with E-state index in [9.17, 15) is 9.90 Å². The van der Waals surface area contributed by atoms with E-state index in [2.05, 4.69) is 0 Å². The van der Waals surface area contributed by atoms with Gasteiger partial charge in [0.2, 0.25) is 0 Å². The highest BCUT2D eigenvalue weighted by Crippen LogP contribution is 2.40. The molecule has 0 unspecified atom stereocenters. The van der Waals surface area contributed by atoms with Crippen molar-refractivity contribution in [2.45, 2.75) is 33.8 Å². The molecule has 0 saturated carbocycles. The molecule has 0 heterocycles. The van der Waals surface area contributed by atoms with Crippen LogP contribution < -0.4 is 0 Å². The van der Waals surface area contributed by atoms with E-state index in [1.807, 2.05) is 26.8 Å². The topological polar surface area (TPSA) is 46.5 Å². The zero-order chi connectivity index (χ0) is 10.9. The van der Waals surface area contributed by atoms with Crippen molar-refractivity contribution in [2.24, 2.45) is 11.3 Å². The molecule has 0 spiro atoms. The summed E-state index contributed by atoms with van der Waals surface area (Å²) in [6.07, 6.45) is 1.57. The second-order valence-electron chi connectivity index (χ2n) is 4.56. The Morgan fingerprint density at radius 1 is 1.64 bits per heavy atom. The predicted molar refractivity (Wildman–Crippen MR) is 53.7 cm³/mol. The number of allylic oxidation sites excluding steroid dienone is 1. The fourth-order valence-electron chi connectivity index (χ4n) is 2.02. The third-order valence-corrected chi connectivity index (χ3v) is 2.87. The summed E-state index contributed by atoms with van der Waals surface area (Å²) >= 11 is 0. The number of hydrogen-bond donors (Lipinski definition) is 1. The van der Waals surface area contributed by atoms with Crippen LogP contribution >= 0.6 is 0 Å². The molecule has 0 bridgehead atoms. The van der Waals surface area contributed by atoms with Gasteiger partial charge in [0.15, 0.2) is 0 Å². The highest BCUT2D eigenvalue weighted by molar-refractivity contribution is 5.65. The van der Waals surface area contributed by atoms with E-state index in [0.717, 1.165) is 5.57 Å². The van der Waals surface area contributed by atoms with Crippen LogP contribution in [0, 0.1) is 11.3 Å². The van der Waals surface area contributed by atoms with Gasteiger partial charge in [-0.25, -0.2) is 0 Å². The second-order valence-corrected chi connectivity index (χ2v) is 4.56. The van der Waals surface area contributed by atoms with Crippen molar-refractivity contribution in [1.29, 1.82) is 0 Å². The van der Waals surface area contributed by atoms with Crippen LogP contribution in [-0.2, 0) is 9.53 Å². The van der Waals surface area contributed by atoms with E-state index in [-0.39, 0.29) is 23.9 Å². The smallest absolute Gasteiger partial charge is 0.302 e. The van der Waals surface area contributed by atoms with Crippen molar-refractivity contribution in [3.63, 3.8) is 0 Å². The Balaban J connectivity index is 2.66. The molecule has 1 rings (SSSR count). The van der Waals surface area contributed by atoms with E-state index >= 15 is 0 Å². The molecule has 0 aromatic carbocycles. The average Bonchev–Trinajstić information content (AvgIpc) is 2.19. The van der Waals surface area contributed by atoms with Crippen LogP contribution in [0.15, 0.2) is 11.6 Å². The summed E-state index contributed by atoms with van der Waals surface area (Å²) in [5.41, 5.74) is 0.867. The fourth-order valence-corrected chi connectivity index (χ4v) is 2.02. The molecule has 2 atom stereocenters. The molecular formula is C11H18O3. The summed E-state index contributed by atoms with van der Waals surface area (Å²) in [6, 6.07) is 0. The van der Waals surface area contributed by atoms with Crippen LogP contribution in [-0.4, -0.2) is 23.8 Å². The fraction of sp³-hybridized carbons (Fsp3) is 0.727. The van der Waals surface area contributed by atoms with Gasteiger partial charge in [-0.1, -0.05) is 19.9 Å². The number of carbonyl (C=O) groups is 1. The third kappa shape index (κ3) is 2.15. The first-order chi connectivity index (χ1) is 6.34. The van der Waals surface area contributed by atoms with E-state index in [1.165, 1.54) is 6.92 Å². The third-order valence-electron chi connectivity index (χ3n) is 2.87. The zero-order valence-electron chi connectivity index (χ0n) is 9.20. The van der Waals surface area contributed by atoms with Gasteiger partial charge in [0, 0.05) is 12.8 Å². The molecule has 1 aliphatic carbocycles. The van der Waals surface area contributed by atoms with Crippen LogP contribution in [0.5, 0.6) is 0 Å². The van der Waals surface area contributed by atoms with Crippen molar-refractivity contribution in [3.05, 3.63) is 11.6 Å². The van der Waals surface area contributed by atoms with Gasteiger partial charge in [-0.05, 0) is 17.9 Å². The molecule has 0 radical (unpaired) electrons. The molecule has 3 heteroatoms. The van der Waals surface area contributed by atoms with E-state index < -0.39 is 6.10 Å². The summed E-state index contributed by atoms with van der Waals surface area (Å²) < 4.78 is 4.95. The normalized spacial score (nSPS) is 29.9. The lowest BCUT2D eigenvalue weighted by atomic mass is 9.81. The largest absolute Gasteiger partial charge is 0.465 e. The quantitative estimate of drug-likeness (QED) is 0.540. The Morgan fingerprint density at radius 2 is 2.21 bits per heavy atom. The van der Waals surface area contributed by atoms with Gasteiger partial charge in [0.1, 0.15) is 0 Å². The summed E-state index contributed by atoms with van der Waals surface area (Å²) in [6.45, 7) is 7.66. The van der Waals surface area contributed by atoms with Gasteiger partial charge < -0.3 is 9.84 Å². The maximum atomic E-state index is 10.7. The highest BCUT2D eigenvalue weighted by atomic mass is 16.5. The Kier molecular flexibility index (Phi) is 3.00. The Bertz CT molecular complexity index is 266. The maximum absolute atomic E-state index is 10.7. The van der Waals surface area contributed by atoms with Crippen LogP contribution in [0.4, 0.5) is 0 Å². The van der Waals surface area contributed by atoms with Gasteiger partial charge in [-0.2, -0.15) is 0 Å². The van der Waals surface area contributed by atoms with Gasteiger partial charge in [0.05, 0.1) is 12.7 Å². The van der Waals surface area contributed by atoms with Gasteiger partial charge in [0.25, 0.3) is 0 Å². The molecule has 0 aromatic rings. The molecule has 1 aliphatic rings. The molecule has 0 aromatic heterocycles. The lowest BCUT2D eigenvalue weighted by Crippen LogP contribution is -2.32. The molecule has 14 heavy (non-hydrogen) atoms. The molecule has 0 amide bonds. The summed E-state index contributed by atoms with van der Waals surface area (Å²) in [7, 11) is 0. The summed E-state index contributed by atoms with van der Waals surface area (Å²) in [5, 5.41) is 9.85. The molecular weight excluding hydrogens is 180 g/mol. The molecule has 80 valence electrons. The Labute approximate surface area is 84.8 Å². The number of rotatable bonds is 2. The number of aliphatic hydroxyl groups excluding tert-OH is 1. The van der Waals surface area contributed by atoms with E-state index in [4.69, 9.17) is 4.74 Å². The number of aliphatic hydroxyl groups is 1. The van der Waals surface area contributed by atoms with Crippen LogP contribution in [0.1, 0.15) is 27.7 Å². The lowest BCUT2D eigenvalue weighted by Gasteiger charge is -2.28. The molecule has 0 aliphatic heterocycles. The standard InChI is InChI=1S/C11H18O3/c1-7-5-11(3,4)9(10(7)13)6-14-8(2)12/h5,9-10,13H,6H2,1-4H3/t9-,10-/m0/s1. The maximum Gasteiger partial charge on any atom is 0.302 e. The van der Waals surface area contributed by atoms with E-state index in [1.54, 1.807) is 0 Å². The van der Waals surface area contributed by atoms with Crippen molar-refractivity contribution in [2.75, 3.05) is 6.61 Å². The number of ether oxygens (including phenoxy) is 1. The molecule has 1 N–H and O–H groups in total. The van der Waals surface area contributed by atoms with Crippen LogP contribution in [0.2, 0.25) is 0 Å². The van der Waals surface area contributed by atoms with E-state index in [0.29, 0.717) is 0 Å². The van der Waals surface area contributed by atoms with Gasteiger partial charge >= 0.3 is 5.97 Å². The summed E-state index contributed by atoms with van der Waals surface area (Å²) in [5.74, 6) is -0.316. The Morgan fingerprint density at radius 3 is 2.57 bits per heavy atom. The zero-order valence-corrected chi connectivity index (χ0v) is 9.20. The number of esters is 1. The predicted octanol–water partition coefficient (Wildman–Crippen LogP) is 1.51. The Hall–Kier alpha value is -0.830. The van der Waals surface area contributed by atoms with Crippen molar-refractivity contribution in [3.8, 4) is 0 Å². The number of hydrogen-bond acceptors (Lipinski definition) is 3. The van der Waals surface area contributed by atoms with Crippen molar-refractivity contribution < 1.29 is 14.6 Å². The molecule has 3 nitrogen and oxygen atoms in total. The first kappa shape index (κ1) is 11.2. The SMILES string of the molecule is CC(=O)OC[C@H]1[C@@H](O)C(C)=CC1(C)C. The number of carbonyl (C=O) groups excluding carboxylic acids is 1. The minimum absolute atomic E-state index is 0.0219. The molecule has 0 fully saturated rings. The van der Waals surface area contributed by atoms with Gasteiger partial charge in [-0.3, -0.25) is 4.79 Å². The first-order valence-electron chi connectivity index (χ1n) is 4.85. The lowest BCUT2D eigenvalue weighted by molar-refractivity contribution is -0.144. The van der Waals surface area contributed by atoms with Crippen molar-refractivity contribution >= 4 is 5.97 Å². The average molecular weight is 198 g/mol. The van der Waals surface area contributed by atoms with Crippen LogP contribution in [0.25, 0.3) is 0 Å². The van der Waals surface area contributed by atoms with Gasteiger partial charge in [-0.15, -0.1) is 0 Å².